The van der Waals surface area contributed by atoms with Crippen LogP contribution in [0.1, 0.15) is 11.1 Å². The molecule has 1 heterocycles. The number of fused-ring (bicyclic) bond motifs is 1. The highest BCUT2D eigenvalue weighted by atomic mass is 35.5. The summed E-state index contributed by atoms with van der Waals surface area (Å²) in [6, 6.07) is 15.8. The van der Waals surface area contributed by atoms with Gasteiger partial charge in [0.1, 0.15) is 12.2 Å². The minimum absolute atomic E-state index is 0.0679. The highest BCUT2D eigenvalue weighted by Gasteiger charge is 2.20. The first-order valence-electron chi connectivity index (χ1n) is 9.78. The van der Waals surface area contributed by atoms with Crippen molar-refractivity contribution in [2.75, 3.05) is 14.2 Å². The minimum atomic E-state index is -0.277. The molecule has 0 bridgehead atoms. The highest BCUT2D eigenvalue weighted by Crippen LogP contribution is 2.37. The third-order valence-corrected chi connectivity index (χ3v) is 5.63. The van der Waals surface area contributed by atoms with E-state index in [2.05, 4.69) is 0 Å². The van der Waals surface area contributed by atoms with Crippen molar-refractivity contribution < 1.29 is 18.6 Å². The van der Waals surface area contributed by atoms with Gasteiger partial charge in [0.25, 0.3) is 0 Å². The van der Waals surface area contributed by atoms with Crippen LogP contribution < -0.4 is 19.6 Å². The Hall–Kier alpha value is -3.15. The van der Waals surface area contributed by atoms with Crippen molar-refractivity contribution in [1.82, 2.24) is 0 Å². The SMILES string of the molecule is COc1ccc(-c2oc3cc(C)ccc3c(=O)c2OCc2ccc(Cl)cc2Cl)cc1OC. The van der Waals surface area contributed by atoms with Gasteiger partial charge >= 0.3 is 0 Å². The van der Waals surface area contributed by atoms with Gasteiger partial charge in [0.2, 0.25) is 11.2 Å². The smallest absolute Gasteiger partial charge is 0.235 e. The predicted octanol–water partition coefficient (Wildman–Crippen LogP) is 6.67. The molecule has 0 saturated carbocycles. The normalized spacial score (nSPS) is 10.9. The molecule has 0 spiro atoms. The van der Waals surface area contributed by atoms with Gasteiger partial charge in [-0.1, -0.05) is 35.3 Å². The molecule has 3 aromatic carbocycles. The number of rotatable bonds is 6. The molecule has 0 N–H and O–H groups in total. The fourth-order valence-electron chi connectivity index (χ4n) is 3.37. The van der Waals surface area contributed by atoms with Gasteiger partial charge < -0.3 is 18.6 Å². The Morgan fingerprint density at radius 3 is 2.41 bits per heavy atom. The van der Waals surface area contributed by atoms with E-state index in [9.17, 15) is 4.79 Å². The molecule has 1 aromatic heterocycles. The van der Waals surface area contributed by atoms with E-state index in [0.717, 1.165) is 5.56 Å². The molecule has 0 amide bonds. The summed E-state index contributed by atoms with van der Waals surface area (Å²) in [5.74, 6) is 1.44. The van der Waals surface area contributed by atoms with E-state index in [1.165, 1.54) is 0 Å². The molecular weight excluding hydrogens is 451 g/mol. The first-order valence-corrected chi connectivity index (χ1v) is 10.5. The second kappa shape index (κ2) is 9.15. The fourth-order valence-corrected chi connectivity index (χ4v) is 3.83. The number of ether oxygens (including phenoxy) is 3. The lowest BCUT2D eigenvalue weighted by Crippen LogP contribution is -2.10. The van der Waals surface area contributed by atoms with Crippen molar-refractivity contribution >= 4 is 34.2 Å². The van der Waals surface area contributed by atoms with Gasteiger partial charge in [0.05, 0.1) is 19.6 Å². The van der Waals surface area contributed by atoms with E-state index in [1.807, 2.05) is 19.1 Å². The largest absolute Gasteiger partial charge is 0.493 e. The second-order valence-corrected chi connectivity index (χ2v) is 8.03. The molecule has 4 aromatic rings. The Bertz CT molecular complexity index is 1360. The third-order valence-electron chi connectivity index (χ3n) is 5.04. The Balaban J connectivity index is 1.87. The maximum Gasteiger partial charge on any atom is 0.235 e. The molecule has 0 fully saturated rings. The number of halogens is 2. The first kappa shape index (κ1) is 22.1. The van der Waals surface area contributed by atoms with E-state index in [-0.39, 0.29) is 17.8 Å². The molecule has 0 radical (unpaired) electrons. The molecule has 164 valence electrons. The van der Waals surface area contributed by atoms with E-state index in [0.29, 0.717) is 49.4 Å². The van der Waals surface area contributed by atoms with Crippen LogP contribution >= 0.6 is 23.2 Å². The summed E-state index contributed by atoms with van der Waals surface area (Å²) in [7, 11) is 3.10. The van der Waals surface area contributed by atoms with Crippen molar-refractivity contribution in [1.29, 1.82) is 0 Å². The molecule has 5 nitrogen and oxygen atoms in total. The number of hydrogen-bond acceptors (Lipinski definition) is 5. The highest BCUT2D eigenvalue weighted by molar-refractivity contribution is 6.35. The predicted molar refractivity (Wildman–Crippen MR) is 127 cm³/mol. The van der Waals surface area contributed by atoms with E-state index in [1.54, 1.807) is 56.7 Å². The molecule has 0 aliphatic heterocycles. The van der Waals surface area contributed by atoms with E-state index in [4.69, 9.17) is 41.8 Å². The molecule has 0 unspecified atom stereocenters. The summed E-state index contributed by atoms with van der Waals surface area (Å²) in [5, 5.41) is 1.40. The van der Waals surface area contributed by atoms with Gasteiger partial charge in [0, 0.05) is 21.2 Å². The number of benzene rings is 3. The number of methoxy groups -OCH3 is 2. The van der Waals surface area contributed by atoms with Crippen molar-refractivity contribution in [3.05, 3.63) is 86.0 Å². The second-order valence-electron chi connectivity index (χ2n) is 7.18. The zero-order valence-electron chi connectivity index (χ0n) is 17.7. The van der Waals surface area contributed by atoms with E-state index >= 15 is 0 Å². The van der Waals surface area contributed by atoms with Gasteiger partial charge in [-0.05, 0) is 55.0 Å². The first-order chi connectivity index (χ1) is 15.4. The average molecular weight is 471 g/mol. The maximum absolute atomic E-state index is 13.4. The lowest BCUT2D eigenvalue weighted by atomic mass is 10.1. The lowest BCUT2D eigenvalue weighted by Gasteiger charge is -2.14. The Morgan fingerprint density at radius 1 is 0.906 bits per heavy atom. The molecule has 0 atom stereocenters. The van der Waals surface area contributed by atoms with E-state index < -0.39 is 0 Å². The zero-order valence-corrected chi connectivity index (χ0v) is 19.2. The molecule has 4 rings (SSSR count). The summed E-state index contributed by atoms with van der Waals surface area (Å²) >= 11 is 12.3. The third kappa shape index (κ3) is 4.27. The van der Waals surface area contributed by atoms with Gasteiger partial charge in [0.15, 0.2) is 17.3 Å². The summed E-state index contributed by atoms with van der Waals surface area (Å²) < 4.78 is 22.9. The topological polar surface area (TPSA) is 57.9 Å². The van der Waals surface area contributed by atoms with Crippen molar-refractivity contribution in [3.8, 4) is 28.6 Å². The van der Waals surface area contributed by atoms with Crippen LogP contribution in [0.3, 0.4) is 0 Å². The molecule has 32 heavy (non-hydrogen) atoms. The Labute approximate surface area is 195 Å². The van der Waals surface area contributed by atoms with Crippen LogP contribution in [0.15, 0.2) is 63.8 Å². The Morgan fingerprint density at radius 2 is 1.69 bits per heavy atom. The number of aryl methyl sites for hydroxylation is 1. The van der Waals surface area contributed by atoms with Gasteiger partial charge in [-0.15, -0.1) is 0 Å². The van der Waals surface area contributed by atoms with Crippen LogP contribution in [-0.4, -0.2) is 14.2 Å². The van der Waals surface area contributed by atoms with Crippen molar-refractivity contribution in [3.63, 3.8) is 0 Å². The summed E-state index contributed by atoms with van der Waals surface area (Å²) in [6.07, 6.45) is 0. The molecule has 0 saturated heterocycles. The van der Waals surface area contributed by atoms with Gasteiger partial charge in [-0.3, -0.25) is 4.79 Å². The summed E-state index contributed by atoms with van der Waals surface area (Å²) in [5.41, 5.74) is 2.47. The monoisotopic (exact) mass is 470 g/mol. The molecular formula is C25H20Cl2O5. The van der Waals surface area contributed by atoms with Crippen LogP contribution in [0.25, 0.3) is 22.3 Å². The quantitative estimate of drug-likeness (QED) is 0.314. The number of hydrogen-bond donors (Lipinski definition) is 0. The summed E-state index contributed by atoms with van der Waals surface area (Å²) in [6.45, 7) is 2.00. The van der Waals surface area contributed by atoms with Crippen LogP contribution in [0.2, 0.25) is 10.0 Å². The van der Waals surface area contributed by atoms with Crippen molar-refractivity contribution in [2.45, 2.75) is 13.5 Å². The fraction of sp³-hybridized carbons (Fsp3) is 0.160. The maximum atomic E-state index is 13.4. The minimum Gasteiger partial charge on any atom is -0.493 e. The standard InChI is InChI=1S/C25H20Cl2O5/c1-14-4-8-18-21(10-14)32-24(15-6-9-20(29-2)22(11-15)30-3)25(23(18)28)31-13-16-5-7-17(26)12-19(16)27/h4-12H,13H2,1-3H3. The van der Waals surface area contributed by atoms with Crippen LogP contribution in [0, 0.1) is 6.92 Å². The zero-order chi connectivity index (χ0) is 22.8. The van der Waals surface area contributed by atoms with Gasteiger partial charge in [-0.25, -0.2) is 0 Å². The van der Waals surface area contributed by atoms with Crippen molar-refractivity contribution in [2.24, 2.45) is 0 Å². The van der Waals surface area contributed by atoms with Crippen LogP contribution in [-0.2, 0) is 6.61 Å². The molecule has 0 aliphatic rings. The Kier molecular flexibility index (Phi) is 6.31. The van der Waals surface area contributed by atoms with Gasteiger partial charge in [-0.2, -0.15) is 0 Å². The lowest BCUT2D eigenvalue weighted by molar-refractivity contribution is 0.298. The summed E-state index contributed by atoms with van der Waals surface area (Å²) in [4.78, 5) is 13.4. The van der Waals surface area contributed by atoms with Crippen LogP contribution in [0.4, 0.5) is 0 Å². The molecule has 0 aliphatic carbocycles. The van der Waals surface area contributed by atoms with Crippen LogP contribution in [0.5, 0.6) is 17.2 Å². The molecule has 7 heteroatoms. The average Bonchev–Trinajstić information content (AvgIpc) is 2.78.